The van der Waals surface area contributed by atoms with Crippen LogP contribution in [0.25, 0.3) is 0 Å². The molecule has 2 atom stereocenters. The molecule has 14 nitrogen and oxygen atoms in total. The second-order valence-electron chi connectivity index (χ2n) is 11.7. The zero-order valence-electron chi connectivity index (χ0n) is 27.2. The van der Waals surface area contributed by atoms with E-state index in [0.717, 1.165) is 11.2 Å². The summed E-state index contributed by atoms with van der Waals surface area (Å²) in [5.74, 6) is -3.95. The van der Waals surface area contributed by atoms with Crippen LogP contribution < -0.4 is 5.32 Å². The number of rotatable bonds is 16. The fourth-order valence-corrected chi connectivity index (χ4v) is 6.56. The molecule has 15 heteroatoms. The number of aliphatic carboxylic acids is 3. The Bertz CT molecular complexity index is 1390. The maximum atomic E-state index is 13.0. The van der Waals surface area contributed by atoms with E-state index in [1.54, 1.807) is 58.0 Å². The first kappa shape index (κ1) is 38.4. The van der Waals surface area contributed by atoms with E-state index in [0.29, 0.717) is 43.0 Å². The van der Waals surface area contributed by atoms with E-state index in [-0.39, 0.29) is 70.5 Å². The number of ketones is 1. The van der Waals surface area contributed by atoms with Gasteiger partial charge in [-0.15, -0.1) is 11.3 Å². The van der Waals surface area contributed by atoms with Crippen LogP contribution in [-0.2, 0) is 24.0 Å². The van der Waals surface area contributed by atoms with Gasteiger partial charge in [0.05, 0.1) is 30.4 Å². The highest BCUT2D eigenvalue weighted by Crippen LogP contribution is 2.27. The number of aldehydes is 1. The number of nitrogens with zero attached hydrogens (tertiary/aromatic N) is 4. The minimum atomic E-state index is -1.05. The molecule has 0 spiro atoms. The molecule has 262 valence electrons. The van der Waals surface area contributed by atoms with Gasteiger partial charge in [-0.3, -0.25) is 43.6 Å². The zero-order chi connectivity index (χ0) is 35.1. The molecule has 1 saturated heterocycles. The second kappa shape index (κ2) is 19.7. The Balaban J connectivity index is 1.61. The standard InChI is InChI=1S/C33H45N5O9S/c1-24(27-9-10-28(48-27)31(44)25-6-3-2-4-7-25)32(45)34-11-5-8-26(33(46)47)38-18-16-35(20-21-39)12-13-36(22-29(40)41)14-15-37(17-19-38)23-30(42)43/h2-4,6-7,9-10,21,24,26H,5,8,11-20,22-23H2,1H3,(H,34,45)(H,40,41)(H,42,43)(H,46,47). The van der Waals surface area contributed by atoms with E-state index in [4.69, 9.17) is 0 Å². The molecule has 0 aliphatic carbocycles. The van der Waals surface area contributed by atoms with Gasteiger partial charge in [0.25, 0.3) is 0 Å². The zero-order valence-corrected chi connectivity index (χ0v) is 28.0. The third-order valence-corrected chi connectivity index (χ3v) is 9.58. The van der Waals surface area contributed by atoms with Crippen molar-refractivity contribution in [2.24, 2.45) is 0 Å². The maximum absolute atomic E-state index is 13.0. The van der Waals surface area contributed by atoms with E-state index in [1.165, 1.54) is 11.3 Å². The molecule has 1 aromatic carbocycles. The Morgan fingerprint density at radius 2 is 1.38 bits per heavy atom. The van der Waals surface area contributed by atoms with Crippen molar-refractivity contribution >= 4 is 47.2 Å². The van der Waals surface area contributed by atoms with Crippen LogP contribution in [0.4, 0.5) is 0 Å². The van der Waals surface area contributed by atoms with Crippen molar-refractivity contribution in [2.75, 3.05) is 78.5 Å². The average molecular weight is 688 g/mol. The van der Waals surface area contributed by atoms with Gasteiger partial charge in [0, 0.05) is 69.3 Å². The molecule has 2 aromatic rings. The summed E-state index contributed by atoms with van der Waals surface area (Å²) in [4.78, 5) is 80.8. The van der Waals surface area contributed by atoms with Gasteiger partial charge < -0.3 is 25.4 Å². The number of carbonyl (C=O) groups is 6. The number of carbonyl (C=O) groups excluding carboxylic acids is 3. The van der Waals surface area contributed by atoms with Crippen LogP contribution in [0.3, 0.4) is 0 Å². The molecule has 0 bridgehead atoms. The summed E-state index contributed by atoms with van der Waals surface area (Å²) in [7, 11) is 0. The second-order valence-corrected chi connectivity index (χ2v) is 12.9. The number of carboxylic acid groups (broad SMARTS) is 3. The first-order chi connectivity index (χ1) is 23.0. The summed E-state index contributed by atoms with van der Waals surface area (Å²) >= 11 is 1.27. The first-order valence-electron chi connectivity index (χ1n) is 16.0. The van der Waals surface area contributed by atoms with Crippen molar-refractivity contribution in [1.82, 2.24) is 24.9 Å². The maximum Gasteiger partial charge on any atom is 0.320 e. The Morgan fingerprint density at radius 3 is 1.94 bits per heavy atom. The molecule has 1 aromatic heterocycles. The molecule has 0 radical (unpaired) electrons. The van der Waals surface area contributed by atoms with Crippen LogP contribution in [-0.4, -0.2) is 155 Å². The minimum Gasteiger partial charge on any atom is -0.480 e. The highest BCUT2D eigenvalue weighted by molar-refractivity contribution is 7.14. The molecule has 1 aliphatic heterocycles. The molecular formula is C33H45N5O9S. The van der Waals surface area contributed by atoms with E-state index in [9.17, 15) is 44.1 Å². The smallest absolute Gasteiger partial charge is 0.320 e. The fourth-order valence-electron chi connectivity index (χ4n) is 5.54. The van der Waals surface area contributed by atoms with Gasteiger partial charge >= 0.3 is 17.9 Å². The van der Waals surface area contributed by atoms with Crippen molar-refractivity contribution < 1.29 is 44.1 Å². The molecule has 2 heterocycles. The van der Waals surface area contributed by atoms with Crippen LogP contribution in [0.15, 0.2) is 42.5 Å². The van der Waals surface area contributed by atoms with Gasteiger partial charge in [-0.1, -0.05) is 30.3 Å². The van der Waals surface area contributed by atoms with Crippen LogP contribution in [0.2, 0.25) is 0 Å². The van der Waals surface area contributed by atoms with Crippen LogP contribution in [0.5, 0.6) is 0 Å². The molecule has 2 unspecified atom stereocenters. The van der Waals surface area contributed by atoms with Crippen LogP contribution in [0, 0.1) is 0 Å². The lowest BCUT2D eigenvalue weighted by molar-refractivity contribution is -0.144. The third-order valence-electron chi connectivity index (χ3n) is 8.31. The lowest BCUT2D eigenvalue weighted by Crippen LogP contribution is -2.51. The molecule has 0 saturated carbocycles. The quantitative estimate of drug-likeness (QED) is 0.111. The normalized spacial score (nSPS) is 17.4. The van der Waals surface area contributed by atoms with Gasteiger partial charge in [0.2, 0.25) is 11.7 Å². The predicted octanol–water partition coefficient (Wildman–Crippen LogP) is 1.02. The Hall–Kier alpha value is -4.02. The van der Waals surface area contributed by atoms with Crippen LogP contribution >= 0.6 is 11.3 Å². The number of hydrogen-bond acceptors (Lipinski definition) is 11. The fraction of sp³-hybridized carbons (Fsp3) is 0.515. The minimum absolute atomic E-state index is 0.105. The van der Waals surface area contributed by atoms with Gasteiger partial charge in [0.1, 0.15) is 12.3 Å². The van der Waals surface area contributed by atoms with Crippen molar-refractivity contribution in [3.63, 3.8) is 0 Å². The SMILES string of the molecule is CC(C(=O)NCCCC(C(=O)O)N1CCN(CC=O)CCN(CC(=O)O)CCN(CC(=O)O)CC1)c1ccc(C(=O)c2ccccc2)s1. The van der Waals surface area contributed by atoms with Crippen LogP contribution in [0.1, 0.15) is 45.8 Å². The summed E-state index contributed by atoms with van der Waals surface area (Å²) in [6, 6.07) is 11.5. The first-order valence-corrected chi connectivity index (χ1v) is 16.8. The summed E-state index contributed by atoms with van der Waals surface area (Å²) < 4.78 is 0. The van der Waals surface area contributed by atoms with Gasteiger partial charge in [-0.2, -0.15) is 0 Å². The summed E-state index contributed by atoms with van der Waals surface area (Å²) in [6.07, 6.45) is 1.34. The van der Waals surface area contributed by atoms with Gasteiger partial charge in [0.15, 0.2) is 0 Å². The third kappa shape index (κ3) is 12.5. The van der Waals surface area contributed by atoms with E-state index in [1.807, 2.05) is 11.0 Å². The molecule has 48 heavy (non-hydrogen) atoms. The van der Waals surface area contributed by atoms with Crippen molar-refractivity contribution in [2.45, 2.75) is 31.7 Å². The monoisotopic (exact) mass is 687 g/mol. The number of thiophene rings is 1. The number of carboxylic acids is 3. The van der Waals surface area contributed by atoms with Gasteiger partial charge in [-0.25, -0.2) is 0 Å². The topological polar surface area (TPSA) is 188 Å². The van der Waals surface area contributed by atoms with Crippen molar-refractivity contribution in [3.8, 4) is 0 Å². The summed E-state index contributed by atoms with van der Waals surface area (Å²) in [5, 5.41) is 31.8. The summed E-state index contributed by atoms with van der Waals surface area (Å²) in [6.45, 7) is 4.02. The number of nitrogens with one attached hydrogen (secondary N) is 1. The molecule has 1 aliphatic rings. The molecule has 3 rings (SSSR count). The molecular weight excluding hydrogens is 642 g/mol. The number of amides is 1. The van der Waals surface area contributed by atoms with E-state index < -0.39 is 29.9 Å². The number of benzene rings is 1. The van der Waals surface area contributed by atoms with E-state index >= 15 is 0 Å². The predicted molar refractivity (Wildman–Crippen MR) is 179 cm³/mol. The lowest BCUT2D eigenvalue weighted by Gasteiger charge is -2.35. The van der Waals surface area contributed by atoms with Crippen molar-refractivity contribution in [3.05, 3.63) is 57.8 Å². The summed E-state index contributed by atoms with van der Waals surface area (Å²) in [5.41, 5.74) is 0.571. The van der Waals surface area contributed by atoms with E-state index in [2.05, 4.69) is 5.32 Å². The highest BCUT2D eigenvalue weighted by Gasteiger charge is 2.28. The highest BCUT2D eigenvalue weighted by atomic mass is 32.1. The van der Waals surface area contributed by atoms with Crippen molar-refractivity contribution in [1.29, 1.82) is 0 Å². The molecule has 1 fully saturated rings. The Labute approximate surface area is 283 Å². The molecule has 4 N–H and O–H groups in total. The Morgan fingerprint density at radius 1 is 0.812 bits per heavy atom. The lowest BCUT2D eigenvalue weighted by atomic mass is 10.1. The largest absolute Gasteiger partial charge is 0.480 e. The Kier molecular flexibility index (Phi) is 15.8. The van der Waals surface area contributed by atoms with Gasteiger partial charge in [-0.05, 0) is 31.9 Å². The molecule has 1 amide bonds. The number of hydrogen-bond donors (Lipinski definition) is 4. The average Bonchev–Trinajstić information content (AvgIpc) is 3.54.